The normalized spacial score (nSPS) is 10.1. The molecule has 1 N–H and O–H groups in total. The van der Waals surface area contributed by atoms with Crippen LogP contribution in [0.15, 0.2) is 36.4 Å². The molecule has 0 aliphatic carbocycles. The minimum Gasteiger partial charge on any atom is -0.482 e. The summed E-state index contributed by atoms with van der Waals surface area (Å²) in [6, 6.07) is 10.4. The first kappa shape index (κ1) is 16.0. The number of carbonyl (C=O) groups excluding carboxylic acids is 2. The lowest BCUT2D eigenvalue weighted by atomic mass is 10.1. The monoisotopic (exact) mass is 317 g/mol. The van der Waals surface area contributed by atoms with E-state index in [0.717, 1.165) is 16.8 Å². The number of ether oxygens (including phenoxy) is 1. The largest absolute Gasteiger partial charge is 0.482 e. The Morgan fingerprint density at radius 1 is 1.23 bits per heavy atom. The topological polar surface area (TPSA) is 55.4 Å². The van der Waals surface area contributed by atoms with E-state index in [2.05, 4.69) is 5.32 Å². The lowest BCUT2D eigenvalue weighted by Crippen LogP contribution is -2.20. The summed E-state index contributed by atoms with van der Waals surface area (Å²) in [6.07, 6.45) is 0.697. The molecule has 114 valence electrons. The zero-order valence-corrected chi connectivity index (χ0v) is 13.1. The van der Waals surface area contributed by atoms with Crippen LogP contribution in [0.2, 0.25) is 5.02 Å². The van der Waals surface area contributed by atoms with Crippen molar-refractivity contribution in [2.24, 2.45) is 0 Å². The molecule has 5 heteroatoms. The second-order valence-corrected chi connectivity index (χ2v) is 5.37. The Morgan fingerprint density at radius 3 is 2.64 bits per heavy atom. The molecule has 0 fully saturated rings. The Bertz CT molecular complexity index is 713. The number of rotatable bonds is 5. The highest BCUT2D eigenvalue weighted by atomic mass is 35.5. The van der Waals surface area contributed by atoms with E-state index in [0.29, 0.717) is 22.6 Å². The van der Waals surface area contributed by atoms with Crippen LogP contribution in [0.3, 0.4) is 0 Å². The van der Waals surface area contributed by atoms with E-state index in [9.17, 15) is 9.59 Å². The number of hydrogen-bond donors (Lipinski definition) is 1. The molecule has 2 rings (SSSR count). The third-order valence-electron chi connectivity index (χ3n) is 3.11. The fraction of sp³-hybridized carbons (Fsp3) is 0.176. The lowest BCUT2D eigenvalue weighted by molar-refractivity contribution is -0.118. The maximum atomic E-state index is 11.9. The van der Waals surface area contributed by atoms with Crippen molar-refractivity contribution in [2.75, 3.05) is 11.9 Å². The van der Waals surface area contributed by atoms with Crippen LogP contribution in [-0.2, 0) is 4.79 Å². The van der Waals surface area contributed by atoms with Crippen LogP contribution in [-0.4, -0.2) is 18.8 Å². The van der Waals surface area contributed by atoms with Gasteiger partial charge in [0.15, 0.2) is 6.61 Å². The molecule has 1 amide bonds. The molecule has 0 saturated heterocycles. The minimum absolute atomic E-state index is 0.159. The van der Waals surface area contributed by atoms with E-state index in [1.165, 1.54) is 6.07 Å². The highest BCUT2D eigenvalue weighted by Gasteiger charge is 2.08. The second-order valence-electron chi connectivity index (χ2n) is 4.96. The number of benzene rings is 2. The maximum Gasteiger partial charge on any atom is 0.262 e. The van der Waals surface area contributed by atoms with Gasteiger partial charge in [0.2, 0.25) is 0 Å². The van der Waals surface area contributed by atoms with Gasteiger partial charge in [-0.2, -0.15) is 0 Å². The number of amides is 1. The van der Waals surface area contributed by atoms with Gasteiger partial charge >= 0.3 is 0 Å². The SMILES string of the molecule is Cc1ccc(NC(=O)COc2ccc(C=O)cc2Cl)c(C)c1. The molecule has 0 heterocycles. The van der Waals surface area contributed by atoms with Gasteiger partial charge in [-0.15, -0.1) is 0 Å². The van der Waals surface area contributed by atoms with Crippen molar-refractivity contribution in [1.82, 2.24) is 0 Å². The van der Waals surface area contributed by atoms with Gasteiger partial charge in [0.05, 0.1) is 5.02 Å². The summed E-state index contributed by atoms with van der Waals surface area (Å²) >= 11 is 5.98. The fourth-order valence-corrected chi connectivity index (χ4v) is 2.23. The van der Waals surface area contributed by atoms with Gasteiger partial charge in [-0.1, -0.05) is 29.3 Å². The fourth-order valence-electron chi connectivity index (χ4n) is 1.99. The zero-order chi connectivity index (χ0) is 16.1. The average molecular weight is 318 g/mol. The Kier molecular flexibility index (Phi) is 5.17. The van der Waals surface area contributed by atoms with Crippen LogP contribution in [0.25, 0.3) is 0 Å². The van der Waals surface area contributed by atoms with E-state index < -0.39 is 0 Å². The molecular formula is C17H16ClNO3. The van der Waals surface area contributed by atoms with E-state index in [-0.39, 0.29) is 12.5 Å². The number of aldehydes is 1. The summed E-state index contributed by atoms with van der Waals surface area (Å²) in [5, 5.41) is 3.08. The number of hydrogen-bond acceptors (Lipinski definition) is 3. The molecule has 0 bridgehead atoms. The Hall–Kier alpha value is -2.33. The molecule has 0 aromatic heterocycles. The molecular weight excluding hydrogens is 302 g/mol. The van der Waals surface area contributed by atoms with Crippen LogP contribution in [0, 0.1) is 13.8 Å². The van der Waals surface area contributed by atoms with Crippen molar-refractivity contribution in [3.05, 3.63) is 58.1 Å². The molecule has 0 aliphatic rings. The van der Waals surface area contributed by atoms with Gasteiger partial charge in [0.1, 0.15) is 12.0 Å². The Labute approximate surface area is 134 Å². The van der Waals surface area contributed by atoms with E-state index in [1.54, 1.807) is 12.1 Å². The number of carbonyl (C=O) groups is 2. The molecule has 4 nitrogen and oxygen atoms in total. The van der Waals surface area contributed by atoms with E-state index in [4.69, 9.17) is 16.3 Å². The predicted molar refractivity (Wildman–Crippen MR) is 86.9 cm³/mol. The van der Waals surface area contributed by atoms with Crippen LogP contribution in [0.1, 0.15) is 21.5 Å². The Morgan fingerprint density at radius 2 is 2.00 bits per heavy atom. The van der Waals surface area contributed by atoms with Gasteiger partial charge in [0, 0.05) is 11.3 Å². The summed E-state index contributed by atoms with van der Waals surface area (Å²) in [7, 11) is 0. The molecule has 0 unspecified atom stereocenters. The van der Waals surface area contributed by atoms with Gasteiger partial charge < -0.3 is 10.1 Å². The van der Waals surface area contributed by atoms with Crippen LogP contribution in [0.5, 0.6) is 5.75 Å². The zero-order valence-electron chi connectivity index (χ0n) is 12.4. The second kappa shape index (κ2) is 7.09. The highest BCUT2D eigenvalue weighted by molar-refractivity contribution is 6.32. The first-order valence-electron chi connectivity index (χ1n) is 6.74. The first-order chi connectivity index (χ1) is 10.5. The van der Waals surface area contributed by atoms with Crippen molar-refractivity contribution in [3.63, 3.8) is 0 Å². The molecule has 0 atom stereocenters. The van der Waals surface area contributed by atoms with Crippen molar-refractivity contribution in [2.45, 2.75) is 13.8 Å². The van der Waals surface area contributed by atoms with Crippen LogP contribution >= 0.6 is 11.6 Å². The molecule has 2 aromatic rings. The average Bonchev–Trinajstić information content (AvgIpc) is 2.48. The van der Waals surface area contributed by atoms with E-state index in [1.807, 2.05) is 32.0 Å². The molecule has 0 spiro atoms. The highest BCUT2D eigenvalue weighted by Crippen LogP contribution is 2.25. The molecule has 0 aliphatic heterocycles. The summed E-state index contributed by atoms with van der Waals surface area (Å²) in [6.45, 7) is 3.76. The van der Waals surface area contributed by atoms with Crippen molar-refractivity contribution in [1.29, 1.82) is 0 Å². The third-order valence-corrected chi connectivity index (χ3v) is 3.40. The molecule has 2 aromatic carbocycles. The number of aryl methyl sites for hydroxylation is 2. The maximum absolute atomic E-state index is 11.9. The van der Waals surface area contributed by atoms with Gasteiger partial charge in [0.25, 0.3) is 5.91 Å². The number of nitrogens with one attached hydrogen (secondary N) is 1. The van der Waals surface area contributed by atoms with Crippen LogP contribution in [0.4, 0.5) is 5.69 Å². The number of halogens is 1. The summed E-state index contributed by atoms with van der Waals surface area (Å²) < 4.78 is 5.37. The number of anilines is 1. The predicted octanol–water partition coefficient (Wildman–Crippen LogP) is 3.79. The minimum atomic E-state index is -0.275. The van der Waals surface area contributed by atoms with Gasteiger partial charge in [-0.25, -0.2) is 0 Å². The molecule has 0 radical (unpaired) electrons. The smallest absolute Gasteiger partial charge is 0.262 e. The van der Waals surface area contributed by atoms with Gasteiger partial charge in [-0.05, 0) is 43.7 Å². The van der Waals surface area contributed by atoms with Crippen LogP contribution < -0.4 is 10.1 Å². The van der Waals surface area contributed by atoms with Crippen molar-refractivity contribution in [3.8, 4) is 5.75 Å². The Balaban J connectivity index is 1.96. The van der Waals surface area contributed by atoms with Gasteiger partial charge in [-0.3, -0.25) is 9.59 Å². The quantitative estimate of drug-likeness (QED) is 0.854. The first-order valence-corrected chi connectivity index (χ1v) is 7.12. The molecule has 0 saturated carbocycles. The summed E-state index contributed by atoms with van der Waals surface area (Å²) in [4.78, 5) is 22.6. The lowest BCUT2D eigenvalue weighted by Gasteiger charge is -2.11. The standard InChI is InChI=1S/C17H16ClNO3/c1-11-3-5-15(12(2)7-11)19-17(21)10-22-16-6-4-13(9-20)8-14(16)18/h3-9H,10H2,1-2H3,(H,19,21). The summed E-state index contributed by atoms with van der Waals surface area (Å²) in [5.41, 5.74) is 3.33. The molecule has 22 heavy (non-hydrogen) atoms. The summed E-state index contributed by atoms with van der Waals surface area (Å²) in [5.74, 6) is 0.0885. The van der Waals surface area contributed by atoms with Crippen molar-refractivity contribution < 1.29 is 14.3 Å². The van der Waals surface area contributed by atoms with Crippen molar-refractivity contribution >= 4 is 29.5 Å². The third kappa shape index (κ3) is 4.09. The van der Waals surface area contributed by atoms with E-state index >= 15 is 0 Å².